The highest BCUT2D eigenvalue weighted by Crippen LogP contribution is 2.29. The number of nitrogens with zero attached hydrogens (tertiary/aromatic N) is 3. The molecule has 2 aromatic carbocycles. The number of hydrogen-bond donors (Lipinski definition) is 1. The Bertz CT molecular complexity index is 1110. The summed E-state index contributed by atoms with van der Waals surface area (Å²) in [5.74, 6) is 0.0916. The quantitative estimate of drug-likeness (QED) is 0.384. The van der Waals surface area contributed by atoms with E-state index in [1.165, 1.54) is 11.3 Å². The predicted octanol–water partition coefficient (Wildman–Crippen LogP) is 5.60. The summed E-state index contributed by atoms with van der Waals surface area (Å²) in [6.45, 7) is 0. The highest BCUT2D eigenvalue weighted by atomic mass is 79.9. The maximum atomic E-state index is 11.9. The minimum Gasteiger partial charge on any atom is -0.309 e. The van der Waals surface area contributed by atoms with Crippen molar-refractivity contribution >= 4 is 50.6 Å². The van der Waals surface area contributed by atoms with Gasteiger partial charge in [0, 0.05) is 27.0 Å². The van der Waals surface area contributed by atoms with E-state index >= 15 is 0 Å². The molecule has 0 radical (unpaired) electrons. The third kappa shape index (κ3) is 4.01. The molecule has 2 heterocycles. The molecule has 4 aromatic rings. The SMILES string of the molecule is O=C(CCl)Nc1cc(-c2ccc(Br)cc2)nn1-c1nc(-c2ccccc2)cs1. The third-order valence-electron chi connectivity index (χ3n) is 3.98. The fourth-order valence-electron chi connectivity index (χ4n) is 2.66. The Labute approximate surface area is 179 Å². The van der Waals surface area contributed by atoms with Crippen molar-refractivity contribution in [2.45, 2.75) is 0 Å². The molecule has 0 saturated carbocycles. The van der Waals surface area contributed by atoms with Gasteiger partial charge in [0.05, 0.1) is 11.4 Å². The molecule has 0 bridgehead atoms. The number of rotatable bonds is 5. The van der Waals surface area contributed by atoms with Crippen LogP contribution < -0.4 is 5.32 Å². The predicted molar refractivity (Wildman–Crippen MR) is 117 cm³/mol. The second-order valence-corrected chi connectivity index (χ2v) is 7.92. The zero-order chi connectivity index (χ0) is 19.5. The number of nitrogens with one attached hydrogen (secondary N) is 1. The van der Waals surface area contributed by atoms with Crippen molar-refractivity contribution in [1.29, 1.82) is 0 Å². The maximum Gasteiger partial charge on any atom is 0.240 e. The molecule has 4 rings (SSSR count). The number of benzene rings is 2. The van der Waals surface area contributed by atoms with Gasteiger partial charge in [-0.05, 0) is 12.1 Å². The number of carbonyl (C=O) groups excluding carboxylic acids is 1. The van der Waals surface area contributed by atoms with Gasteiger partial charge < -0.3 is 5.32 Å². The lowest BCUT2D eigenvalue weighted by atomic mass is 10.1. The van der Waals surface area contributed by atoms with Gasteiger partial charge in [-0.15, -0.1) is 22.9 Å². The van der Waals surface area contributed by atoms with Crippen molar-refractivity contribution in [1.82, 2.24) is 14.8 Å². The van der Waals surface area contributed by atoms with E-state index in [2.05, 4.69) is 26.3 Å². The highest BCUT2D eigenvalue weighted by molar-refractivity contribution is 9.10. The number of anilines is 1. The van der Waals surface area contributed by atoms with Crippen LogP contribution in [0.25, 0.3) is 27.6 Å². The fourth-order valence-corrected chi connectivity index (χ4v) is 3.78. The average Bonchev–Trinajstić information content (AvgIpc) is 3.36. The summed E-state index contributed by atoms with van der Waals surface area (Å²) in [5, 5.41) is 10.1. The minimum atomic E-state index is -0.301. The van der Waals surface area contributed by atoms with Gasteiger partial charge in [-0.3, -0.25) is 4.79 Å². The van der Waals surface area contributed by atoms with E-state index < -0.39 is 0 Å². The van der Waals surface area contributed by atoms with Crippen LogP contribution in [0.2, 0.25) is 0 Å². The number of aromatic nitrogens is 3. The number of hydrogen-bond acceptors (Lipinski definition) is 4. The van der Waals surface area contributed by atoms with E-state index in [-0.39, 0.29) is 11.8 Å². The van der Waals surface area contributed by atoms with Gasteiger partial charge in [0.1, 0.15) is 11.7 Å². The fraction of sp³-hybridized carbons (Fsp3) is 0.0500. The van der Waals surface area contributed by atoms with Crippen LogP contribution in [-0.4, -0.2) is 26.6 Å². The Morgan fingerprint density at radius 3 is 2.50 bits per heavy atom. The second kappa shape index (κ2) is 8.26. The zero-order valence-electron chi connectivity index (χ0n) is 14.5. The van der Waals surface area contributed by atoms with E-state index in [1.54, 1.807) is 4.68 Å². The van der Waals surface area contributed by atoms with Gasteiger partial charge >= 0.3 is 0 Å². The molecule has 0 unspecified atom stereocenters. The molecular formula is C20H14BrClN4OS. The van der Waals surface area contributed by atoms with Crippen molar-refractivity contribution in [2.75, 3.05) is 11.2 Å². The van der Waals surface area contributed by atoms with E-state index in [4.69, 9.17) is 16.6 Å². The van der Waals surface area contributed by atoms with Gasteiger partial charge in [-0.1, -0.05) is 58.4 Å². The molecule has 1 N–H and O–H groups in total. The molecule has 28 heavy (non-hydrogen) atoms. The summed E-state index contributed by atoms with van der Waals surface area (Å²) >= 11 is 10.6. The van der Waals surface area contributed by atoms with Crippen LogP contribution in [0.15, 0.2) is 70.5 Å². The van der Waals surface area contributed by atoms with Crippen molar-refractivity contribution in [3.63, 3.8) is 0 Å². The van der Waals surface area contributed by atoms with Crippen molar-refractivity contribution < 1.29 is 4.79 Å². The van der Waals surface area contributed by atoms with Crippen LogP contribution in [0.4, 0.5) is 5.82 Å². The summed E-state index contributed by atoms with van der Waals surface area (Å²) in [7, 11) is 0. The Kier molecular flexibility index (Phi) is 5.57. The van der Waals surface area contributed by atoms with Gasteiger partial charge in [0.15, 0.2) is 0 Å². The van der Waals surface area contributed by atoms with Gasteiger partial charge in [0.2, 0.25) is 11.0 Å². The Balaban J connectivity index is 1.75. The standard InChI is InChI=1S/C20H14BrClN4OS/c21-15-8-6-14(7-9-15)16-10-18(24-19(27)11-22)26(25-16)20-23-17(12-28-20)13-4-2-1-3-5-13/h1-10,12H,11H2,(H,24,27). The summed E-state index contributed by atoms with van der Waals surface area (Å²) in [6.07, 6.45) is 0. The largest absolute Gasteiger partial charge is 0.309 e. The van der Waals surface area contributed by atoms with E-state index in [0.29, 0.717) is 10.9 Å². The van der Waals surface area contributed by atoms with Crippen LogP contribution in [0.1, 0.15) is 0 Å². The monoisotopic (exact) mass is 472 g/mol. The van der Waals surface area contributed by atoms with E-state index in [1.807, 2.05) is 66.0 Å². The van der Waals surface area contributed by atoms with Gasteiger partial charge in [-0.25, -0.2) is 4.98 Å². The molecular weight excluding hydrogens is 460 g/mol. The van der Waals surface area contributed by atoms with Crippen molar-refractivity contribution in [3.05, 3.63) is 70.5 Å². The van der Waals surface area contributed by atoms with Crippen LogP contribution in [0, 0.1) is 0 Å². The second-order valence-electron chi connectivity index (χ2n) is 5.90. The van der Waals surface area contributed by atoms with Crippen molar-refractivity contribution in [2.24, 2.45) is 0 Å². The van der Waals surface area contributed by atoms with Crippen LogP contribution in [0.3, 0.4) is 0 Å². The van der Waals surface area contributed by atoms with Crippen LogP contribution in [-0.2, 0) is 4.79 Å². The molecule has 0 aliphatic heterocycles. The Hall–Kier alpha value is -2.48. The molecule has 0 spiro atoms. The normalized spacial score (nSPS) is 10.8. The molecule has 0 aliphatic carbocycles. The Morgan fingerprint density at radius 1 is 1.07 bits per heavy atom. The van der Waals surface area contributed by atoms with E-state index in [9.17, 15) is 4.79 Å². The van der Waals surface area contributed by atoms with Crippen LogP contribution in [0.5, 0.6) is 0 Å². The van der Waals surface area contributed by atoms with Gasteiger partial charge in [0.25, 0.3) is 0 Å². The number of carbonyl (C=O) groups is 1. The summed E-state index contributed by atoms with van der Waals surface area (Å²) in [6, 6.07) is 19.6. The minimum absolute atomic E-state index is 0.133. The zero-order valence-corrected chi connectivity index (χ0v) is 17.6. The molecule has 2 aromatic heterocycles. The molecule has 5 nitrogen and oxygen atoms in total. The van der Waals surface area contributed by atoms with E-state index in [0.717, 1.165) is 27.0 Å². The number of amides is 1. The first kappa shape index (κ1) is 18.9. The molecule has 1 amide bonds. The molecule has 140 valence electrons. The molecule has 0 atom stereocenters. The number of halogens is 2. The lowest BCUT2D eigenvalue weighted by molar-refractivity contribution is -0.114. The topological polar surface area (TPSA) is 59.8 Å². The molecule has 0 saturated heterocycles. The first-order valence-electron chi connectivity index (χ1n) is 8.37. The first-order valence-corrected chi connectivity index (χ1v) is 10.6. The summed E-state index contributed by atoms with van der Waals surface area (Å²) < 4.78 is 2.62. The van der Waals surface area contributed by atoms with Crippen molar-refractivity contribution in [3.8, 4) is 27.6 Å². The molecule has 8 heteroatoms. The lowest BCUT2D eigenvalue weighted by Crippen LogP contribution is -2.15. The molecule has 0 aliphatic rings. The first-order chi connectivity index (χ1) is 13.6. The van der Waals surface area contributed by atoms with Crippen LogP contribution >= 0.6 is 38.9 Å². The lowest BCUT2D eigenvalue weighted by Gasteiger charge is -2.04. The summed E-state index contributed by atoms with van der Waals surface area (Å²) in [5.41, 5.74) is 3.55. The number of alkyl halides is 1. The smallest absolute Gasteiger partial charge is 0.240 e. The maximum absolute atomic E-state index is 11.9. The molecule has 0 fully saturated rings. The average molecular weight is 474 g/mol. The summed E-state index contributed by atoms with van der Waals surface area (Å²) in [4.78, 5) is 16.6. The Morgan fingerprint density at radius 2 is 1.79 bits per heavy atom. The third-order valence-corrected chi connectivity index (χ3v) is 5.57. The van der Waals surface area contributed by atoms with Gasteiger partial charge in [-0.2, -0.15) is 9.78 Å². The number of thiazole rings is 1. The highest BCUT2D eigenvalue weighted by Gasteiger charge is 2.16.